The number of anilines is 1. The summed E-state index contributed by atoms with van der Waals surface area (Å²) in [6, 6.07) is 6.34. The van der Waals surface area contributed by atoms with Crippen molar-refractivity contribution in [3.8, 4) is 0 Å². The second-order valence-corrected chi connectivity index (χ2v) is 5.00. The summed E-state index contributed by atoms with van der Waals surface area (Å²) in [5.41, 5.74) is 0.619. The lowest BCUT2D eigenvalue weighted by Crippen LogP contribution is -2.49. The average Bonchev–Trinajstić information content (AvgIpc) is 2.48. The summed E-state index contributed by atoms with van der Waals surface area (Å²) >= 11 is 5.75. The van der Waals surface area contributed by atoms with Crippen molar-refractivity contribution >= 4 is 29.4 Å². The molecule has 1 saturated heterocycles. The van der Waals surface area contributed by atoms with E-state index in [-0.39, 0.29) is 25.2 Å². The van der Waals surface area contributed by atoms with E-state index in [0.29, 0.717) is 23.9 Å². The lowest BCUT2D eigenvalue weighted by molar-refractivity contribution is -0.0191. The molecule has 1 atom stereocenters. The zero-order chi connectivity index (χ0) is 15.2. The number of morpholine rings is 1. The molecule has 3 amide bonds. The topological polar surface area (TPSA) is 90.9 Å². The molecule has 114 valence electrons. The Labute approximate surface area is 126 Å². The van der Waals surface area contributed by atoms with E-state index in [4.69, 9.17) is 21.4 Å². The molecular formula is C13H16ClN3O4. The van der Waals surface area contributed by atoms with Gasteiger partial charge in [-0.1, -0.05) is 11.6 Å². The molecule has 7 nitrogen and oxygen atoms in total. The normalized spacial score (nSPS) is 18.1. The number of urea groups is 1. The summed E-state index contributed by atoms with van der Waals surface area (Å²) in [7, 11) is 0. The molecular weight excluding hydrogens is 298 g/mol. The Morgan fingerprint density at radius 2 is 2.10 bits per heavy atom. The molecule has 0 saturated carbocycles. The highest BCUT2D eigenvalue weighted by molar-refractivity contribution is 6.30. The van der Waals surface area contributed by atoms with E-state index in [9.17, 15) is 9.59 Å². The van der Waals surface area contributed by atoms with Crippen molar-refractivity contribution in [2.75, 3.05) is 31.6 Å². The number of ether oxygens (including phenoxy) is 1. The quantitative estimate of drug-likeness (QED) is 0.794. The van der Waals surface area contributed by atoms with Gasteiger partial charge in [0, 0.05) is 23.8 Å². The molecule has 1 fully saturated rings. The van der Waals surface area contributed by atoms with Crippen LogP contribution < -0.4 is 10.6 Å². The van der Waals surface area contributed by atoms with E-state index in [0.717, 1.165) is 0 Å². The summed E-state index contributed by atoms with van der Waals surface area (Å²) in [6.07, 6.45) is -1.32. The molecule has 1 aliphatic heterocycles. The minimum Gasteiger partial charge on any atom is -0.465 e. The van der Waals surface area contributed by atoms with E-state index >= 15 is 0 Å². The molecule has 0 spiro atoms. The van der Waals surface area contributed by atoms with Gasteiger partial charge in [-0.3, -0.25) is 0 Å². The summed E-state index contributed by atoms with van der Waals surface area (Å²) in [5.74, 6) is 0. The third-order valence-corrected chi connectivity index (χ3v) is 3.25. The first kappa shape index (κ1) is 15.4. The number of benzene rings is 1. The van der Waals surface area contributed by atoms with Crippen molar-refractivity contribution in [3.63, 3.8) is 0 Å². The fraction of sp³-hybridized carbons (Fsp3) is 0.385. The van der Waals surface area contributed by atoms with E-state index in [2.05, 4.69) is 10.6 Å². The Bertz CT molecular complexity index is 509. The van der Waals surface area contributed by atoms with Gasteiger partial charge < -0.3 is 25.4 Å². The highest BCUT2D eigenvalue weighted by Crippen LogP contribution is 2.13. The van der Waals surface area contributed by atoms with E-state index in [1.807, 2.05) is 0 Å². The first-order valence-electron chi connectivity index (χ1n) is 6.44. The van der Waals surface area contributed by atoms with Crippen molar-refractivity contribution < 1.29 is 19.4 Å². The van der Waals surface area contributed by atoms with Gasteiger partial charge in [-0.2, -0.15) is 0 Å². The Balaban J connectivity index is 1.76. The Morgan fingerprint density at radius 1 is 1.38 bits per heavy atom. The zero-order valence-corrected chi connectivity index (χ0v) is 12.0. The van der Waals surface area contributed by atoms with Crippen LogP contribution in [0, 0.1) is 0 Å². The zero-order valence-electron chi connectivity index (χ0n) is 11.2. The average molecular weight is 314 g/mol. The fourth-order valence-electron chi connectivity index (χ4n) is 1.93. The van der Waals surface area contributed by atoms with Crippen LogP contribution in [0.4, 0.5) is 15.3 Å². The minimum absolute atomic E-state index is 0.239. The van der Waals surface area contributed by atoms with Crippen molar-refractivity contribution in [2.45, 2.75) is 6.10 Å². The van der Waals surface area contributed by atoms with Crippen LogP contribution in [0.1, 0.15) is 0 Å². The third kappa shape index (κ3) is 4.80. The van der Waals surface area contributed by atoms with Crippen LogP contribution in [-0.4, -0.2) is 54.5 Å². The molecule has 0 bridgehead atoms. The Kier molecular flexibility index (Phi) is 5.24. The molecule has 1 aromatic carbocycles. The lowest BCUT2D eigenvalue weighted by atomic mass is 10.3. The standard InChI is InChI=1S/C13H16ClN3O4/c14-9-1-3-10(4-2-9)16-12(18)15-7-11-8-17(13(19)20)5-6-21-11/h1-4,11H,5-8H2,(H,19,20)(H2,15,16,18). The summed E-state index contributed by atoms with van der Waals surface area (Å²) in [5, 5.41) is 14.8. The van der Waals surface area contributed by atoms with E-state index < -0.39 is 6.09 Å². The molecule has 1 aliphatic rings. The van der Waals surface area contributed by atoms with Crippen molar-refractivity contribution in [2.24, 2.45) is 0 Å². The summed E-state index contributed by atoms with van der Waals surface area (Å²) < 4.78 is 5.41. The van der Waals surface area contributed by atoms with Crippen LogP contribution in [0.5, 0.6) is 0 Å². The van der Waals surface area contributed by atoms with Crippen LogP contribution in [0.25, 0.3) is 0 Å². The van der Waals surface area contributed by atoms with Crippen molar-refractivity contribution in [3.05, 3.63) is 29.3 Å². The van der Waals surface area contributed by atoms with Gasteiger partial charge in [0.1, 0.15) is 0 Å². The first-order valence-corrected chi connectivity index (χ1v) is 6.82. The molecule has 3 N–H and O–H groups in total. The molecule has 2 rings (SSSR count). The lowest BCUT2D eigenvalue weighted by Gasteiger charge is -2.31. The van der Waals surface area contributed by atoms with Crippen LogP contribution in [0.3, 0.4) is 0 Å². The number of hydrogen-bond donors (Lipinski definition) is 3. The Hall–Kier alpha value is -1.99. The number of rotatable bonds is 3. The fourth-order valence-corrected chi connectivity index (χ4v) is 2.06. The SMILES string of the molecule is O=C(NCC1CN(C(=O)O)CCO1)Nc1ccc(Cl)cc1. The largest absolute Gasteiger partial charge is 0.465 e. The molecule has 21 heavy (non-hydrogen) atoms. The summed E-state index contributed by atoms with van der Waals surface area (Å²) in [6.45, 7) is 1.17. The van der Waals surface area contributed by atoms with E-state index in [1.165, 1.54) is 4.90 Å². The van der Waals surface area contributed by atoms with Gasteiger partial charge in [0.15, 0.2) is 0 Å². The van der Waals surface area contributed by atoms with Gasteiger partial charge in [-0.15, -0.1) is 0 Å². The first-order chi connectivity index (χ1) is 10.0. The third-order valence-electron chi connectivity index (χ3n) is 3.00. The van der Waals surface area contributed by atoms with Gasteiger partial charge in [-0.25, -0.2) is 9.59 Å². The maximum Gasteiger partial charge on any atom is 0.407 e. The number of carboxylic acid groups (broad SMARTS) is 1. The van der Waals surface area contributed by atoms with Crippen LogP contribution >= 0.6 is 11.6 Å². The number of amides is 3. The highest BCUT2D eigenvalue weighted by atomic mass is 35.5. The second kappa shape index (κ2) is 7.14. The Morgan fingerprint density at radius 3 is 2.76 bits per heavy atom. The smallest absolute Gasteiger partial charge is 0.407 e. The molecule has 0 radical (unpaired) electrons. The van der Waals surface area contributed by atoms with Gasteiger partial charge in [0.25, 0.3) is 0 Å². The van der Waals surface area contributed by atoms with Crippen molar-refractivity contribution in [1.82, 2.24) is 10.2 Å². The van der Waals surface area contributed by atoms with Crippen LogP contribution in [0.15, 0.2) is 24.3 Å². The molecule has 1 unspecified atom stereocenters. The number of hydrogen-bond acceptors (Lipinski definition) is 3. The molecule has 1 heterocycles. The maximum absolute atomic E-state index is 11.7. The number of halogens is 1. The number of carbonyl (C=O) groups is 2. The van der Waals surface area contributed by atoms with Crippen LogP contribution in [0.2, 0.25) is 5.02 Å². The monoisotopic (exact) mass is 313 g/mol. The highest BCUT2D eigenvalue weighted by Gasteiger charge is 2.23. The molecule has 1 aromatic rings. The van der Waals surface area contributed by atoms with Gasteiger partial charge in [-0.05, 0) is 24.3 Å². The number of nitrogens with one attached hydrogen (secondary N) is 2. The predicted octanol–water partition coefficient (Wildman–Crippen LogP) is 1.84. The maximum atomic E-state index is 11.7. The predicted molar refractivity (Wildman–Crippen MR) is 77.8 cm³/mol. The van der Waals surface area contributed by atoms with Crippen molar-refractivity contribution in [1.29, 1.82) is 0 Å². The number of nitrogens with zero attached hydrogens (tertiary/aromatic N) is 1. The van der Waals surface area contributed by atoms with Crippen LogP contribution in [-0.2, 0) is 4.74 Å². The molecule has 0 aliphatic carbocycles. The van der Waals surface area contributed by atoms with Gasteiger partial charge in [0.05, 0.1) is 19.3 Å². The van der Waals surface area contributed by atoms with Gasteiger partial charge in [0.2, 0.25) is 0 Å². The second-order valence-electron chi connectivity index (χ2n) is 4.56. The minimum atomic E-state index is -0.978. The molecule has 0 aromatic heterocycles. The summed E-state index contributed by atoms with van der Waals surface area (Å²) in [4.78, 5) is 23.9. The number of carbonyl (C=O) groups excluding carboxylic acids is 1. The molecule has 8 heteroatoms. The van der Waals surface area contributed by atoms with Gasteiger partial charge >= 0.3 is 12.1 Å². The van der Waals surface area contributed by atoms with E-state index in [1.54, 1.807) is 24.3 Å².